The molecule has 2 atom stereocenters. The van der Waals surface area contributed by atoms with E-state index in [0.717, 1.165) is 18.2 Å². The van der Waals surface area contributed by atoms with Crippen LogP contribution >= 0.6 is 0 Å². The Hall–Kier alpha value is -1.68. The van der Waals surface area contributed by atoms with Gasteiger partial charge in [-0.25, -0.2) is 4.79 Å². The van der Waals surface area contributed by atoms with E-state index < -0.39 is 42.1 Å². The molecule has 0 bridgehead atoms. The molecule has 0 saturated carbocycles. The lowest BCUT2D eigenvalue weighted by Gasteiger charge is -2.43. The predicted octanol–water partition coefficient (Wildman–Crippen LogP) is 2.25. The van der Waals surface area contributed by atoms with Crippen LogP contribution in [0.1, 0.15) is 39.5 Å². The van der Waals surface area contributed by atoms with Gasteiger partial charge in [-0.3, -0.25) is 4.79 Å². The number of carboxylic acids is 1. The molecule has 19 heavy (non-hydrogen) atoms. The summed E-state index contributed by atoms with van der Waals surface area (Å²) >= 11 is 0. The maximum absolute atomic E-state index is 11.8. The first kappa shape index (κ1) is 10.1. The van der Waals surface area contributed by atoms with Crippen LogP contribution in [0.4, 0.5) is 0 Å². The van der Waals surface area contributed by atoms with Crippen LogP contribution in [0.15, 0.2) is 35.4 Å². The molecule has 4 heteroatoms. The standard InChI is InChI=1S/C15H20O4/c1-10(7-13(17)18)5-6-15(19)11(2)8-12(16)9-14(15,3)4/h5-8,19H,9H2,1-4H3,(H,17,18)/b6-5+,10-7-/t15-/m1/s1/i3D3,6D/t14-,15-. The summed E-state index contributed by atoms with van der Waals surface area (Å²) in [6.45, 7) is 1.36. The average molecular weight is 268 g/mol. The molecule has 0 aromatic carbocycles. The van der Waals surface area contributed by atoms with Gasteiger partial charge in [0.25, 0.3) is 0 Å². The van der Waals surface area contributed by atoms with Crippen molar-refractivity contribution in [3.63, 3.8) is 0 Å². The Morgan fingerprint density at radius 1 is 1.63 bits per heavy atom. The van der Waals surface area contributed by atoms with E-state index in [1.165, 1.54) is 20.8 Å². The third-order valence-corrected chi connectivity index (χ3v) is 3.13. The van der Waals surface area contributed by atoms with Crippen LogP contribution in [0.25, 0.3) is 0 Å². The van der Waals surface area contributed by atoms with E-state index in [-0.39, 0.29) is 11.1 Å². The summed E-state index contributed by atoms with van der Waals surface area (Å²) in [6, 6.07) is -0.465. The molecule has 104 valence electrons. The molecule has 1 rings (SSSR count). The Bertz CT molecular complexity index is 630. The number of hydrogen-bond acceptors (Lipinski definition) is 3. The third kappa shape index (κ3) is 3.20. The van der Waals surface area contributed by atoms with Gasteiger partial charge in [0.1, 0.15) is 5.60 Å². The summed E-state index contributed by atoms with van der Waals surface area (Å²) in [5.41, 5.74) is -3.85. The maximum atomic E-state index is 11.8. The molecular formula is C15H20O4. The highest BCUT2D eigenvalue weighted by Gasteiger charge is 2.46. The van der Waals surface area contributed by atoms with Crippen LogP contribution in [-0.4, -0.2) is 27.6 Å². The van der Waals surface area contributed by atoms with E-state index in [9.17, 15) is 14.7 Å². The zero-order valence-electron chi connectivity index (χ0n) is 15.2. The number of allylic oxidation sites excluding steroid dienone is 3. The highest BCUT2D eigenvalue weighted by atomic mass is 16.4. The molecule has 0 aliphatic heterocycles. The normalized spacial score (nSPS) is 36.8. The number of carbonyl (C=O) groups is 2. The first-order chi connectivity index (χ1) is 10.3. The number of hydrogen-bond donors (Lipinski definition) is 2. The summed E-state index contributed by atoms with van der Waals surface area (Å²) in [5, 5.41) is 19.8. The fourth-order valence-electron chi connectivity index (χ4n) is 2.04. The Labute approximate surface area is 118 Å². The van der Waals surface area contributed by atoms with Gasteiger partial charge in [-0.05, 0) is 37.1 Å². The summed E-state index contributed by atoms with van der Waals surface area (Å²) in [4.78, 5) is 22.5. The summed E-state index contributed by atoms with van der Waals surface area (Å²) in [7, 11) is 0. The fourth-order valence-corrected chi connectivity index (χ4v) is 2.04. The lowest BCUT2D eigenvalue weighted by atomic mass is 9.64. The molecule has 1 aliphatic rings. The van der Waals surface area contributed by atoms with Crippen LogP contribution in [0, 0.1) is 5.41 Å². The molecule has 1 aliphatic carbocycles. The summed E-state index contributed by atoms with van der Waals surface area (Å²) < 4.78 is 31.3. The quantitative estimate of drug-likeness (QED) is 0.608. The average Bonchev–Trinajstić information content (AvgIpc) is 2.32. The number of carbonyl (C=O) groups excluding carboxylic acids is 1. The topological polar surface area (TPSA) is 74.6 Å². The van der Waals surface area contributed by atoms with Crippen LogP contribution in [0.2, 0.25) is 0 Å². The highest BCUT2D eigenvalue weighted by molar-refractivity contribution is 5.92. The van der Waals surface area contributed by atoms with Crippen LogP contribution < -0.4 is 0 Å². The van der Waals surface area contributed by atoms with E-state index in [1.54, 1.807) is 0 Å². The minimum Gasteiger partial charge on any atom is -0.478 e. The van der Waals surface area contributed by atoms with Crippen molar-refractivity contribution in [2.24, 2.45) is 5.41 Å². The molecule has 2 N–H and O–H groups in total. The van der Waals surface area contributed by atoms with Crippen LogP contribution in [0.5, 0.6) is 0 Å². The molecule has 0 aromatic rings. The number of aliphatic carboxylic acids is 1. The minimum atomic E-state index is -2.70. The zero-order chi connectivity index (χ0) is 18.2. The first-order valence-corrected chi connectivity index (χ1v) is 5.79. The van der Waals surface area contributed by atoms with E-state index in [4.69, 9.17) is 10.6 Å². The van der Waals surface area contributed by atoms with Crippen molar-refractivity contribution in [2.75, 3.05) is 0 Å². The summed E-state index contributed by atoms with van der Waals surface area (Å²) in [6.07, 6.45) is 2.64. The Kier molecular flexibility index (Phi) is 2.74. The molecule has 0 heterocycles. The molecular weight excluding hydrogens is 244 g/mol. The van der Waals surface area contributed by atoms with Gasteiger partial charge in [-0.2, -0.15) is 0 Å². The Morgan fingerprint density at radius 2 is 2.26 bits per heavy atom. The SMILES string of the molecule is [2H]/C(=C\C(C)=C/C(=O)O)[C@@]1(O)C(C)=CC(=O)C[C@]1(C)C([2H])([2H])[2H]. The number of ketones is 1. The molecule has 0 amide bonds. The molecule has 0 radical (unpaired) electrons. The second-order valence-electron chi connectivity index (χ2n) is 5.03. The molecule has 0 spiro atoms. The van der Waals surface area contributed by atoms with Crippen molar-refractivity contribution in [1.82, 2.24) is 0 Å². The molecule has 0 saturated heterocycles. The van der Waals surface area contributed by atoms with Crippen molar-refractivity contribution < 1.29 is 25.3 Å². The van der Waals surface area contributed by atoms with E-state index >= 15 is 0 Å². The number of rotatable bonds is 3. The van der Waals surface area contributed by atoms with Crippen molar-refractivity contribution in [3.05, 3.63) is 35.4 Å². The van der Waals surface area contributed by atoms with Gasteiger partial charge < -0.3 is 10.2 Å². The van der Waals surface area contributed by atoms with E-state index in [0.29, 0.717) is 0 Å². The second kappa shape index (κ2) is 5.13. The van der Waals surface area contributed by atoms with Crippen molar-refractivity contribution in [2.45, 2.75) is 39.6 Å². The molecule has 0 unspecified atom stereocenters. The third-order valence-electron chi connectivity index (χ3n) is 3.13. The van der Waals surface area contributed by atoms with Gasteiger partial charge in [0.15, 0.2) is 5.78 Å². The molecule has 0 aromatic heterocycles. The number of aliphatic hydroxyl groups is 1. The predicted molar refractivity (Wildman–Crippen MR) is 72.6 cm³/mol. The van der Waals surface area contributed by atoms with Gasteiger partial charge in [0.05, 0.1) is 1.37 Å². The fraction of sp³-hybridized carbons (Fsp3) is 0.467. The summed E-state index contributed by atoms with van der Waals surface area (Å²) in [5.74, 6) is -1.65. The number of carboxylic acid groups (broad SMARTS) is 1. The smallest absolute Gasteiger partial charge is 0.328 e. The van der Waals surface area contributed by atoms with Gasteiger partial charge in [-0.15, -0.1) is 0 Å². The van der Waals surface area contributed by atoms with Crippen LogP contribution in [-0.2, 0) is 9.59 Å². The van der Waals surface area contributed by atoms with Crippen molar-refractivity contribution in [3.8, 4) is 0 Å². The minimum absolute atomic E-state index is 0.0525. The lowest BCUT2D eigenvalue weighted by molar-refractivity contribution is -0.131. The Balaban J connectivity index is 3.58. The lowest BCUT2D eigenvalue weighted by Crippen LogP contribution is -2.48. The van der Waals surface area contributed by atoms with Gasteiger partial charge in [0, 0.05) is 22.0 Å². The van der Waals surface area contributed by atoms with E-state index in [2.05, 4.69) is 0 Å². The zero-order valence-corrected chi connectivity index (χ0v) is 11.2. The molecule has 4 nitrogen and oxygen atoms in total. The van der Waals surface area contributed by atoms with Gasteiger partial charge in [-0.1, -0.05) is 19.9 Å². The van der Waals surface area contributed by atoms with Gasteiger partial charge in [0.2, 0.25) is 0 Å². The van der Waals surface area contributed by atoms with Crippen molar-refractivity contribution >= 4 is 11.8 Å². The largest absolute Gasteiger partial charge is 0.478 e. The monoisotopic (exact) mass is 268 g/mol. The highest BCUT2D eigenvalue weighted by Crippen LogP contribution is 2.44. The second-order valence-corrected chi connectivity index (χ2v) is 5.03. The first-order valence-electron chi connectivity index (χ1n) is 7.79. The van der Waals surface area contributed by atoms with Crippen molar-refractivity contribution in [1.29, 1.82) is 0 Å². The van der Waals surface area contributed by atoms with E-state index in [1.807, 2.05) is 0 Å². The van der Waals surface area contributed by atoms with Crippen LogP contribution in [0.3, 0.4) is 0 Å². The Morgan fingerprint density at radius 3 is 2.79 bits per heavy atom. The molecule has 0 fully saturated rings. The maximum Gasteiger partial charge on any atom is 0.328 e. The van der Waals surface area contributed by atoms with Gasteiger partial charge >= 0.3 is 5.97 Å².